The predicted octanol–water partition coefficient (Wildman–Crippen LogP) is -1.13. The number of hydrogen-bond acceptors (Lipinski definition) is 4. The Bertz CT molecular complexity index is 328. The van der Waals surface area contributed by atoms with Crippen LogP contribution in [-0.4, -0.2) is 74.5 Å². The molecular formula is C13H24N4O2. The van der Waals surface area contributed by atoms with Gasteiger partial charge in [0, 0.05) is 26.2 Å². The van der Waals surface area contributed by atoms with Gasteiger partial charge in [-0.05, 0) is 32.9 Å². The minimum Gasteiger partial charge on any atom is -0.353 e. The zero-order valence-electron chi connectivity index (χ0n) is 11.8. The Hall–Kier alpha value is -1.14. The summed E-state index contributed by atoms with van der Waals surface area (Å²) in [5.74, 6) is 0.787. The number of piperidine rings is 1. The van der Waals surface area contributed by atoms with E-state index in [0.29, 0.717) is 12.5 Å². The lowest BCUT2D eigenvalue weighted by Crippen LogP contribution is -2.59. The normalized spacial score (nSPS) is 25.5. The standard InChI is InChI=1S/C13H24N4O2/c1-16(2)9-10-3-5-17(6-4-10)13(19)11-7-15-12(18)8-14-11/h10-11,14H,3-9H2,1-2H3,(H,15,18). The molecule has 0 aromatic heterocycles. The molecule has 2 amide bonds. The van der Waals surface area contributed by atoms with Crippen LogP contribution in [0.3, 0.4) is 0 Å². The number of hydrogen-bond donors (Lipinski definition) is 2. The summed E-state index contributed by atoms with van der Waals surface area (Å²) in [7, 11) is 4.18. The van der Waals surface area contributed by atoms with E-state index in [9.17, 15) is 9.59 Å². The van der Waals surface area contributed by atoms with E-state index in [0.717, 1.165) is 32.5 Å². The number of carbonyl (C=O) groups excluding carboxylic acids is 2. The lowest BCUT2D eigenvalue weighted by atomic mass is 9.96. The van der Waals surface area contributed by atoms with E-state index < -0.39 is 0 Å². The van der Waals surface area contributed by atoms with Gasteiger partial charge in [0.2, 0.25) is 11.8 Å². The fraction of sp³-hybridized carbons (Fsp3) is 0.846. The molecule has 0 bridgehead atoms. The number of amides is 2. The topological polar surface area (TPSA) is 64.7 Å². The third kappa shape index (κ3) is 3.91. The van der Waals surface area contributed by atoms with Crippen LogP contribution in [0.1, 0.15) is 12.8 Å². The fourth-order valence-corrected chi connectivity index (χ4v) is 2.81. The summed E-state index contributed by atoms with van der Waals surface area (Å²) in [6, 6.07) is -0.247. The van der Waals surface area contributed by atoms with Crippen molar-refractivity contribution in [3.63, 3.8) is 0 Å². The van der Waals surface area contributed by atoms with Crippen LogP contribution in [0.15, 0.2) is 0 Å². The van der Waals surface area contributed by atoms with Crippen LogP contribution in [0.2, 0.25) is 0 Å². The third-order valence-corrected chi connectivity index (χ3v) is 3.86. The third-order valence-electron chi connectivity index (χ3n) is 3.86. The molecule has 0 aromatic carbocycles. The second-order valence-corrected chi connectivity index (χ2v) is 5.77. The number of nitrogens with zero attached hydrogens (tertiary/aromatic N) is 2. The van der Waals surface area contributed by atoms with Crippen LogP contribution in [-0.2, 0) is 9.59 Å². The van der Waals surface area contributed by atoms with Crippen molar-refractivity contribution < 1.29 is 9.59 Å². The Morgan fingerprint density at radius 1 is 1.37 bits per heavy atom. The summed E-state index contributed by atoms with van der Waals surface area (Å²) in [4.78, 5) is 27.5. The largest absolute Gasteiger partial charge is 0.353 e. The first kappa shape index (κ1) is 14.3. The molecule has 1 atom stereocenters. The molecule has 6 nitrogen and oxygen atoms in total. The molecule has 0 saturated carbocycles. The zero-order chi connectivity index (χ0) is 13.8. The highest BCUT2D eigenvalue weighted by Crippen LogP contribution is 2.18. The molecule has 2 aliphatic heterocycles. The molecule has 19 heavy (non-hydrogen) atoms. The maximum Gasteiger partial charge on any atom is 0.241 e. The fourth-order valence-electron chi connectivity index (χ4n) is 2.81. The van der Waals surface area contributed by atoms with Crippen molar-refractivity contribution >= 4 is 11.8 Å². The highest BCUT2D eigenvalue weighted by atomic mass is 16.2. The molecular weight excluding hydrogens is 244 g/mol. The molecule has 108 valence electrons. The molecule has 0 spiro atoms. The van der Waals surface area contributed by atoms with E-state index in [1.54, 1.807) is 0 Å². The smallest absolute Gasteiger partial charge is 0.241 e. The minimum absolute atomic E-state index is 0.0336. The molecule has 2 aliphatic rings. The van der Waals surface area contributed by atoms with Crippen molar-refractivity contribution in [3.05, 3.63) is 0 Å². The van der Waals surface area contributed by atoms with Crippen molar-refractivity contribution in [2.24, 2.45) is 5.92 Å². The van der Waals surface area contributed by atoms with Crippen molar-refractivity contribution in [1.82, 2.24) is 20.4 Å². The molecule has 0 aliphatic carbocycles. The molecule has 2 N–H and O–H groups in total. The summed E-state index contributed by atoms with van der Waals surface area (Å²) in [5.41, 5.74) is 0. The van der Waals surface area contributed by atoms with Gasteiger partial charge in [-0.2, -0.15) is 0 Å². The SMILES string of the molecule is CN(C)CC1CCN(C(=O)C2CNC(=O)CN2)CC1. The van der Waals surface area contributed by atoms with E-state index in [1.165, 1.54) is 0 Å². The highest BCUT2D eigenvalue weighted by molar-refractivity contribution is 5.86. The first-order chi connectivity index (χ1) is 9.06. The van der Waals surface area contributed by atoms with Gasteiger partial charge in [0.1, 0.15) is 6.04 Å². The Morgan fingerprint density at radius 2 is 2.05 bits per heavy atom. The van der Waals surface area contributed by atoms with E-state index in [1.807, 2.05) is 4.90 Å². The van der Waals surface area contributed by atoms with Gasteiger partial charge >= 0.3 is 0 Å². The average Bonchev–Trinajstić information content (AvgIpc) is 2.39. The quantitative estimate of drug-likeness (QED) is 0.680. The number of nitrogens with one attached hydrogen (secondary N) is 2. The minimum atomic E-state index is -0.247. The van der Waals surface area contributed by atoms with E-state index in [-0.39, 0.29) is 24.4 Å². The Morgan fingerprint density at radius 3 is 2.58 bits per heavy atom. The molecule has 2 rings (SSSR count). The summed E-state index contributed by atoms with van der Waals surface area (Å²) in [5, 5.41) is 5.73. The van der Waals surface area contributed by atoms with Crippen LogP contribution in [0.25, 0.3) is 0 Å². The summed E-state index contributed by atoms with van der Waals surface area (Å²) in [6.07, 6.45) is 2.14. The number of likely N-dealkylation sites (tertiary alicyclic amines) is 1. The molecule has 2 saturated heterocycles. The zero-order valence-corrected chi connectivity index (χ0v) is 11.8. The summed E-state index contributed by atoms with van der Waals surface area (Å²) < 4.78 is 0. The van der Waals surface area contributed by atoms with Gasteiger partial charge in [-0.3, -0.25) is 14.9 Å². The lowest BCUT2D eigenvalue weighted by molar-refractivity contribution is -0.136. The van der Waals surface area contributed by atoms with Gasteiger partial charge < -0.3 is 15.1 Å². The molecule has 0 aromatic rings. The van der Waals surface area contributed by atoms with Crippen LogP contribution in [0.5, 0.6) is 0 Å². The molecule has 0 radical (unpaired) electrons. The van der Waals surface area contributed by atoms with E-state index in [2.05, 4.69) is 29.6 Å². The maximum atomic E-state index is 12.3. The molecule has 2 heterocycles. The summed E-state index contributed by atoms with van der Waals surface area (Å²) >= 11 is 0. The monoisotopic (exact) mass is 268 g/mol. The Labute approximate surface area is 114 Å². The van der Waals surface area contributed by atoms with Gasteiger partial charge in [0.15, 0.2) is 0 Å². The van der Waals surface area contributed by atoms with Gasteiger partial charge in [0.25, 0.3) is 0 Å². The van der Waals surface area contributed by atoms with Crippen LogP contribution in [0, 0.1) is 5.92 Å². The molecule has 2 fully saturated rings. The maximum absolute atomic E-state index is 12.3. The summed E-state index contributed by atoms with van der Waals surface area (Å²) in [6.45, 7) is 3.43. The Balaban J connectivity index is 1.77. The molecule has 1 unspecified atom stereocenters. The van der Waals surface area contributed by atoms with Crippen molar-refractivity contribution in [1.29, 1.82) is 0 Å². The Kier molecular flexibility index (Phi) is 4.76. The number of rotatable bonds is 3. The number of carbonyl (C=O) groups is 2. The second-order valence-electron chi connectivity index (χ2n) is 5.77. The van der Waals surface area contributed by atoms with Gasteiger partial charge in [0.05, 0.1) is 6.54 Å². The second kappa shape index (κ2) is 6.34. The van der Waals surface area contributed by atoms with Crippen LogP contribution >= 0.6 is 0 Å². The van der Waals surface area contributed by atoms with Crippen molar-refractivity contribution in [2.45, 2.75) is 18.9 Å². The molecule has 6 heteroatoms. The van der Waals surface area contributed by atoms with E-state index >= 15 is 0 Å². The first-order valence-corrected chi connectivity index (χ1v) is 7.00. The first-order valence-electron chi connectivity index (χ1n) is 7.00. The van der Waals surface area contributed by atoms with Gasteiger partial charge in [-0.1, -0.05) is 0 Å². The van der Waals surface area contributed by atoms with Crippen LogP contribution < -0.4 is 10.6 Å². The van der Waals surface area contributed by atoms with E-state index in [4.69, 9.17) is 0 Å². The average molecular weight is 268 g/mol. The lowest BCUT2D eigenvalue weighted by Gasteiger charge is -2.36. The van der Waals surface area contributed by atoms with Crippen LogP contribution in [0.4, 0.5) is 0 Å². The van der Waals surface area contributed by atoms with Gasteiger partial charge in [-0.15, -0.1) is 0 Å². The number of piperazine rings is 1. The van der Waals surface area contributed by atoms with Crippen molar-refractivity contribution in [3.8, 4) is 0 Å². The van der Waals surface area contributed by atoms with Gasteiger partial charge in [-0.25, -0.2) is 0 Å². The highest BCUT2D eigenvalue weighted by Gasteiger charge is 2.30. The predicted molar refractivity (Wildman–Crippen MR) is 72.7 cm³/mol. The van der Waals surface area contributed by atoms with Crippen molar-refractivity contribution in [2.75, 3.05) is 46.8 Å².